The third-order valence-corrected chi connectivity index (χ3v) is 5.47. The fourth-order valence-electron chi connectivity index (χ4n) is 1.27. The molecule has 0 N–H and O–H groups in total. The first-order valence-electron chi connectivity index (χ1n) is 4.30. The Hall–Kier alpha value is -0.210. The second-order valence-corrected chi connectivity index (χ2v) is 6.73. The molecule has 0 bridgehead atoms. The summed E-state index contributed by atoms with van der Waals surface area (Å²) < 4.78 is 30.9. The maximum absolute atomic E-state index is 12.0. The summed E-state index contributed by atoms with van der Waals surface area (Å²) in [6, 6.07) is 0. The molecule has 0 amide bonds. The van der Waals surface area contributed by atoms with Gasteiger partial charge in [0.2, 0.25) is 0 Å². The average molecular weight is 269 g/mol. The Labute approximate surface area is 96.7 Å². The molecular formula is C7H9ClN2O3S2. The molecule has 1 fully saturated rings. The van der Waals surface area contributed by atoms with E-state index in [0.717, 1.165) is 11.3 Å². The third kappa shape index (κ3) is 2.31. The molecule has 1 aromatic rings. The molecule has 0 aliphatic carbocycles. The van der Waals surface area contributed by atoms with Crippen LogP contribution in [-0.2, 0) is 14.8 Å². The van der Waals surface area contributed by atoms with Gasteiger partial charge in [-0.3, -0.25) is 0 Å². The number of ether oxygens (including phenoxy) is 1. The van der Waals surface area contributed by atoms with Gasteiger partial charge >= 0.3 is 0 Å². The SMILES string of the molecule is O=S(=O)(c1cnc(Cl)s1)N1CCOCC1. The minimum absolute atomic E-state index is 0.189. The molecule has 1 aliphatic rings. The molecule has 1 saturated heterocycles. The van der Waals surface area contributed by atoms with Gasteiger partial charge in [-0.2, -0.15) is 4.31 Å². The summed E-state index contributed by atoms with van der Waals surface area (Å²) in [5, 5.41) is 0. The first-order chi connectivity index (χ1) is 7.10. The molecule has 2 heterocycles. The molecule has 84 valence electrons. The predicted octanol–water partition coefficient (Wildman–Crippen LogP) is 0.817. The van der Waals surface area contributed by atoms with Crippen LogP contribution in [0.1, 0.15) is 0 Å². The van der Waals surface area contributed by atoms with Gasteiger partial charge in [-0.1, -0.05) is 22.9 Å². The Kier molecular flexibility index (Phi) is 3.27. The van der Waals surface area contributed by atoms with Crippen LogP contribution in [0.3, 0.4) is 0 Å². The summed E-state index contributed by atoms with van der Waals surface area (Å²) in [6.45, 7) is 1.65. The number of hydrogen-bond acceptors (Lipinski definition) is 5. The number of hydrogen-bond donors (Lipinski definition) is 0. The van der Waals surface area contributed by atoms with E-state index < -0.39 is 10.0 Å². The van der Waals surface area contributed by atoms with Crippen LogP contribution in [0.25, 0.3) is 0 Å². The van der Waals surface area contributed by atoms with E-state index >= 15 is 0 Å². The van der Waals surface area contributed by atoms with Crippen molar-refractivity contribution in [1.29, 1.82) is 0 Å². The largest absolute Gasteiger partial charge is 0.379 e. The van der Waals surface area contributed by atoms with E-state index in [1.54, 1.807) is 0 Å². The minimum atomic E-state index is -3.42. The van der Waals surface area contributed by atoms with Gasteiger partial charge in [-0.25, -0.2) is 13.4 Å². The van der Waals surface area contributed by atoms with E-state index in [-0.39, 0.29) is 8.68 Å². The predicted molar refractivity (Wildman–Crippen MR) is 56.7 cm³/mol. The third-order valence-electron chi connectivity index (χ3n) is 2.02. The van der Waals surface area contributed by atoms with Gasteiger partial charge < -0.3 is 4.74 Å². The van der Waals surface area contributed by atoms with E-state index in [2.05, 4.69) is 4.98 Å². The Morgan fingerprint density at radius 1 is 1.47 bits per heavy atom. The van der Waals surface area contributed by atoms with Crippen LogP contribution in [0.5, 0.6) is 0 Å². The summed E-state index contributed by atoms with van der Waals surface area (Å²) >= 11 is 6.58. The number of aromatic nitrogens is 1. The number of sulfonamides is 1. The van der Waals surface area contributed by atoms with E-state index in [1.807, 2.05) is 0 Å². The highest BCUT2D eigenvalue weighted by Gasteiger charge is 2.28. The van der Waals surface area contributed by atoms with Crippen molar-refractivity contribution in [3.05, 3.63) is 10.7 Å². The number of halogens is 1. The standard InChI is InChI=1S/C7H9ClN2O3S2/c8-7-9-5-6(14-7)15(11,12)10-1-3-13-4-2-10/h5H,1-4H2. The van der Waals surface area contributed by atoms with Gasteiger partial charge in [0.25, 0.3) is 10.0 Å². The normalized spacial score (nSPS) is 19.3. The lowest BCUT2D eigenvalue weighted by atomic mass is 10.5. The highest BCUT2D eigenvalue weighted by atomic mass is 35.5. The molecule has 1 aliphatic heterocycles. The Morgan fingerprint density at radius 2 is 2.13 bits per heavy atom. The second kappa shape index (κ2) is 4.34. The van der Waals surface area contributed by atoms with Crippen molar-refractivity contribution < 1.29 is 13.2 Å². The monoisotopic (exact) mass is 268 g/mol. The molecule has 0 atom stereocenters. The Morgan fingerprint density at radius 3 is 2.67 bits per heavy atom. The molecule has 0 spiro atoms. The Bertz CT molecular complexity index is 439. The lowest BCUT2D eigenvalue weighted by molar-refractivity contribution is 0.0731. The highest BCUT2D eigenvalue weighted by Crippen LogP contribution is 2.25. The van der Waals surface area contributed by atoms with Crippen molar-refractivity contribution >= 4 is 33.0 Å². The molecular weight excluding hydrogens is 260 g/mol. The fraction of sp³-hybridized carbons (Fsp3) is 0.571. The molecule has 2 rings (SSSR count). The average Bonchev–Trinajstić information content (AvgIpc) is 2.67. The molecule has 0 aromatic carbocycles. The summed E-state index contributed by atoms with van der Waals surface area (Å²) in [5.74, 6) is 0. The van der Waals surface area contributed by atoms with Crippen LogP contribution < -0.4 is 0 Å². The van der Waals surface area contributed by atoms with Gasteiger partial charge in [0.05, 0.1) is 19.4 Å². The van der Waals surface area contributed by atoms with Crippen LogP contribution in [-0.4, -0.2) is 44.0 Å². The number of nitrogens with zero attached hydrogens (tertiary/aromatic N) is 2. The topological polar surface area (TPSA) is 59.5 Å². The van der Waals surface area contributed by atoms with Crippen molar-refractivity contribution in [2.75, 3.05) is 26.3 Å². The zero-order valence-electron chi connectivity index (χ0n) is 7.72. The number of rotatable bonds is 2. The Balaban J connectivity index is 2.26. The highest BCUT2D eigenvalue weighted by molar-refractivity contribution is 7.91. The van der Waals surface area contributed by atoms with Crippen molar-refractivity contribution in [3.63, 3.8) is 0 Å². The van der Waals surface area contributed by atoms with E-state index in [1.165, 1.54) is 10.5 Å². The summed E-state index contributed by atoms with van der Waals surface area (Å²) in [5.41, 5.74) is 0. The summed E-state index contributed by atoms with van der Waals surface area (Å²) in [4.78, 5) is 3.72. The first-order valence-corrected chi connectivity index (χ1v) is 6.93. The van der Waals surface area contributed by atoms with E-state index in [0.29, 0.717) is 26.3 Å². The quantitative estimate of drug-likeness (QED) is 0.797. The molecule has 8 heteroatoms. The zero-order chi connectivity index (χ0) is 10.9. The molecule has 0 saturated carbocycles. The molecule has 5 nitrogen and oxygen atoms in total. The lowest BCUT2D eigenvalue weighted by Gasteiger charge is -2.25. The minimum Gasteiger partial charge on any atom is -0.379 e. The van der Waals surface area contributed by atoms with Gasteiger partial charge in [0.15, 0.2) is 8.68 Å². The number of morpholine rings is 1. The second-order valence-electron chi connectivity index (χ2n) is 2.95. The van der Waals surface area contributed by atoms with Crippen LogP contribution in [0.4, 0.5) is 0 Å². The number of thiazole rings is 1. The maximum Gasteiger partial charge on any atom is 0.254 e. The molecule has 15 heavy (non-hydrogen) atoms. The lowest BCUT2D eigenvalue weighted by Crippen LogP contribution is -2.40. The smallest absolute Gasteiger partial charge is 0.254 e. The zero-order valence-corrected chi connectivity index (χ0v) is 10.1. The van der Waals surface area contributed by atoms with Crippen molar-refractivity contribution in [2.45, 2.75) is 4.21 Å². The van der Waals surface area contributed by atoms with Crippen molar-refractivity contribution in [2.24, 2.45) is 0 Å². The molecule has 1 aromatic heterocycles. The van der Waals surface area contributed by atoms with Crippen molar-refractivity contribution in [3.8, 4) is 0 Å². The van der Waals surface area contributed by atoms with E-state index in [9.17, 15) is 8.42 Å². The van der Waals surface area contributed by atoms with Crippen LogP contribution in [0, 0.1) is 0 Å². The van der Waals surface area contributed by atoms with Gasteiger partial charge in [0, 0.05) is 13.1 Å². The van der Waals surface area contributed by atoms with Gasteiger partial charge in [-0.15, -0.1) is 0 Å². The fourth-order valence-corrected chi connectivity index (χ4v) is 4.13. The van der Waals surface area contributed by atoms with E-state index in [4.69, 9.17) is 16.3 Å². The summed E-state index contributed by atoms with van der Waals surface area (Å²) in [7, 11) is -3.42. The molecule has 0 unspecified atom stereocenters. The van der Waals surface area contributed by atoms with Gasteiger partial charge in [0.1, 0.15) is 0 Å². The van der Waals surface area contributed by atoms with Crippen LogP contribution in [0.15, 0.2) is 10.4 Å². The molecule has 0 radical (unpaired) electrons. The van der Waals surface area contributed by atoms with Crippen LogP contribution >= 0.6 is 22.9 Å². The maximum atomic E-state index is 12.0. The van der Waals surface area contributed by atoms with Crippen molar-refractivity contribution in [1.82, 2.24) is 9.29 Å². The van der Waals surface area contributed by atoms with Gasteiger partial charge in [-0.05, 0) is 0 Å². The first kappa shape index (κ1) is 11.3. The van der Waals surface area contributed by atoms with Crippen LogP contribution in [0.2, 0.25) is 4.47 Å². The summed E-state index contributed by atoms with van der Waals surface area (Å²) in [6.07, 6.45) is 1.29.